The zero-order chi connectivity index (χ0) is 21.1. The molecular formula is C25H26N4O. The molecule has 0 aliphatic carbocycles. The molecule has 5 nitrogen and oxygen atoms in total. The summed E-state index contributed by atoms with van der Waals surface area (Å²) in [6, 6.07) is 22.7. The fraction of sp³-hybridized carbons (Fsp3) is 0.200. The number of nitrogens with one attached hydrogen (secondary N) is 2. The molecule has 152 valence electrons. The third-order valence-electron chi connectivity index (χ3n) is 5.40. The quantitative estimate of drug-likeness (QED) is 0.473. The second-order valence-electron chi connectivity index (χ2n) is 7.58. The van der Waals surface area contributed by atoms with E-state index in [1.165, 1.54) is 23.3 Å². The monoisotopic (exact) mass is 398 g/mol. The number of aromatic nitrogens is 2. The van der Waals surface area contributed by atoms with Gasteiger partial charge in [0.05, 0.1) is 11.9 Å². The van der Waals surface area contributed by atoms with Gasteiger partial charge in [0.2, 0.25) is 5.91 Å². The van der Waals surface area contributed by atoms with Crippen molar-refractivity contribution >= 4 is 22.4 Å². The van der Waals surface area contributed by atoms with Crippen LogP contribution < -0.4 is 10.6 Å². The summed E-state index contributed by atoms with van der Waals surface area (Å²) in [6.07, 6.45) is 1.95. The SMILES string of the molecule is CC(=O)Nc1ccc(CNC(C)c2cnn(-c3cccc4ccccc34)c2C)cc1. The standard InChI is InChI=1S/C25H26N4O/c1-17(26-15-20-11-13-22(14-12-20)28-19(3)30)24-16-27-29(18(24)2)25-10-6-8-21-7-4-5-9-23(21)25/h4-14,16-17,26H,15H2,1-3H3,(H,28,30). The number of nitrogens with zero attached hydrogens (tertiary/aromatic N) is 2. The molecule has 5 heteroatoms. The Morgan fingerprint density at radius 3 is 2.53 bits per heavy atom. The van der Waals surface area contributed by atoms with E-state index in [4.69, 9.17) is 0 Å². The number of rotatable bonds is 6. The molecule has 0 radical (unpaired) electrons. The molecule has 1 heterocycles. The van der Waals surface area contributed by atoms with E-state index in [-0.39, 0.29) is 11.9 Å². The van der Waals surface area contributed by atoms with Crippen LogP contribution in [0.25, 0.3) is 16.5 Å². The smallest absolute Gasteiger partial charge is 0.221 e. The van der Waals surface area contributed by atoms with E-state index in [0.29, 0.717) is 0 Å². The van der Waals surface area contributed by atoms with Gasteiger partial charge in [0.1, 0.15) is 0 Å². The Kier molecular flexibility index (Phi) is 5.63. The molecule has 0 fully saturated rings. The second-order valence-corrected chi connectivity index (χ2v) is 7.58. The van der Waals surface area contributed by atoms with Gasteiger partial charge in [-0.25, -0.2) is 4.68 Å². The second kappa shape index (κ2) is 8.51. The molecule has 4 rings (SSSR count). The lowest BCUT2D eigenvalue weighted by atomic mass is 10.1. The Labute approximate surface area is 176 Å². The molecular weight excluding hydrogens is 372 g/mol. The zero-order valence-electron chi connectivity index (χ0n) is 17.5. The summed E-state index contributed by atoms with van der Waals surface area (Å²) in [6.45, 7) is 6.52. The van der Waals surface area contributed by atoms with Gasteiger partial charge in [0.15, 0.2) is 0 Å². The summed E-state index contributed by atoms with van der Waals surface area (Å²) < 4.78 is 2.03. The summed E-state index contributed by atoms with van der Waals surface area (Å²) in [5.41, 5.74) is 5.38. The average molecular weight is 399 g/mol. The number of benzene rings is 3. The first-order chi connectivity index (χ1) is 14.5. The van der Waals surface area contributed by atoms with Crippen molar-refractivity contribution in [1.29, 1.82) is 0 Å². The van der Waals surface area contributed by atoms with Crippen LogP contribution in [0.15, 0.2) is 72.9 Å². The van der Waals surface area contributed by atoms with Gasteiger partial charge in [-0.1, -0.05) is 48.5 Å². The third kappa shape index (κ3) is 4.11. The van der Waals surface area contributed by atoms with Crippen molar-refractivity contribution in [2.24, 2.45) is 0 Å². The van der Waals surface area contributed by atoms with Crippen molar-refractivity contribution in [3.05, 3.63) is 89.7 Å². The number of fused-ring (bicyclic) bond motifs is 1. The fourth-order valence-electron chi connectivity index (χ4n) is 3.77. The van der Waals surface area contributed by atoms with Gasteiger partial charge in [-0.2, -0.15) is 5.10 Å². The average Bonchev–Trinajstić information content (AvgIpc) is 3.13. The van der Waals surface area contributed by atoms with Crippen LogP contribution in [0.5, 0.6) is 0 Å². The summed E-state index contributed by atoms with van der Waals surface area (Å²) in [7, 11) is 0. The predicted octanol–water partition coefficient (Wildman–Crippen LogP) is 5.14. The zero-order valence-corrected chi connectivity index (χ0v) is 17.5. The molecule has 1 atom stereocenters. The molecule has 30 heavy (non-hydrogen) atoms. The van der Waals surface area contributed by atoms with Crippen LogP contribution in [0.1, 0.15) is 36.7 Å². The maximum atomic E-state index is 11.1. The molecule has 2 N–H and O–H groups in total. The van der Waals surface area contributed by atoms with E-state index in [1.54, 1.807) is 0 Å². The number of carbonyl (C=O) groups is 1. The van der Waals surface area contributed by atoms with Gasteiger partial charge >= 0.3 is 0 Å². The first-order valence-electron chi connectivity index (χ1n) is 10.2. The highest BCUT2D eigenvalue weighted by Crippen LogP contribution is 2.26. The minimum absolute atomic E-state index is 0.0619. The normalized spacial score (nSPS) is 12.1. The van der Waals surface area contributed by atoms with E-state index in [9.17, 15) is 4.79 Å². The van der Waals surface area contributed by atoms with Gasteiger partial charge < -0.3 is 10.6 Å². The van der Waals surface area contributed by atoms with Gasteiger partial charge in [-0.15, -0.1) is 0 Å². The lowest BCUT2D eigenvalue weighted by Gasteiger charge is -2.15. The maximum Gasteiger partial charge on any atom is 0.221 e. The Morgan fingerprint density at radius 1 is 1.03 bits per heavy atom. The number of amides is 1. The molecule has 0 saturated heterocycles. The summed E-state index contributed by atoms with van der Waals surface area (Å²) in [5, 5.41) is 13.5. The van der Waals surface area contributed by atoms with E-state index < -0.39 is 0 Å². The largest absolute Gasteiger partial charge is 0.326 e. The Bertz CT molecular complexity index is 1170. The van der Waals surface area contributed by atoms with Crippen LogP contribution in [0.4, 0.5) is 5.69 Å². The first-order valence-corrected chi connectivity index (χ1v) is 10.2. The molecule has 0 aliphatic rings. The molecule has 1 aromatic heterocycles. The van der Waals surface area contributed by atoms with E-state index in [2.05, 4.69) is 72.0 Å². The lowest BCUT2D eigenvalue weighted by Crippen LogP contribution is -2.18. The van der Waals surface area contributed by atoms with Crippen LogP contribution in [0.2, 0.25) is 0 Å². The molecule has 0 bridgehead atoms. The van der Waals surface area contributed by atoms with Crippen molar-refractivity contribution in [1.82, 2.24) is 15.1 Å². The maximum absolute atomic E-state index is 11.1. The van der Waals surface area contributed by atoms with Crippen molar-refractivity contribution in [3.8, 4) is 5.69 Å². The van der Waals surface area contributed by atoms with Crippen molar-refractivity contribution in [3.63, 3.8) is 0 Å². The van der Waals surface area contributed by atoms with Crippen LogP contribution >= 0.6 is 0 Å². The number of anilines is 1. The summed E-state index contributed by atoms with van der Waals surface area (Å²) in [5.74, 6) is -0.0619. The summed E-state index contributed by atoms with van der Waals surface area (Å²) >= 11 is 0. The van der Waals surface area contributed by atoms with Crippen LogP contribution in [0, 0.1) is 6.92 Å². The van der Waals surface area contributed by atoms with Gasteiger partial charge in [-0.3, -0.25) is 4.79 Å². The third-order valence-corrected chi connectivity index (χ3v) is 5.40. The van der Waals surface area contributed by atoms with E-state index in [1.807, 2.05) is 35.1 Å². The van der Waals surface area contributed by atoms with E-state index >= 15 is 0 Å². The lowest BCUT2D eigenvalue weighted by molar-refractivity contribution is -0.114. The van der Waals surface area contributed by atoms with Gasteiger partial charge in [-0.05, 0) is 43.0 Å². The van der Waals surface area contributed by atoms with Crippen molar-refractivity contribution in [2.75, 3.05) is 5.32 Å². The topological polar surface area (TPSA) is 59.0 Å². The number of carbonyl (C=O) groups excluding carboxylic acids is 1. The number of hydrogen-bond acceptors (Lipinski definition) is 3. The van der Waals surface area contributed by atoms with Crippen LogP contribution in [-0.4, -0.2) is 15.7 Å². The molecule has 0 saturated carbocycles. The highest BCUT2D eigenvalue weighted by molar-refractivity contribution is 5.90. The molecule has 1 amide bonds. The predicted molar refractivity (Wildman–Crippen MR) is 122 cm³/mol. The molecule has 4 aromatic rings. The van der Waals surface area contributed by atoms with E-state index in [0.717, 1.165) is 29.2 Å². The molecule has 1 unspecified atom stereocenters. The fourth-order valence-corrected chi connectivity index (χ4v) is 3.77. The molecule has 3 aromatic carbocycles. The van der Waals surface area contributed by atoms with Gasteiger partial charge in [0, 0.05) is 41.8 Å². The van der Waals surface area contributed by atoms with Crippen molar-refractivity contribution < 1.29 is 4.79 Å². The van der Waals surface area contributed by atoms with Gasteiger partial charge in [0.25, 0.3) is 0 Å². The van der Waals surface area contributed by atoms with Crippen molar-refractivity contribution in [2.45, 2.75) is 33.4 Å². The highest BCUT2D eigenvalue weighted by Gasteiger charge is 2.15. The minimum Gasteiger partial charge on any atom is -0.326 e. The van der Waals surface area contributed by atoms with Crippen LogP contribution in [-0.2, 0) is 11.3 Å². The Balaban J connectivity index is 1.50. The minimum atomic E-state index is -0.0619. The molecule has 0 spiro atoms. The highest BCUT2D eigenvalue weighted by atomic mass is 16.1. The Morgan fingerprint density at radius 2 is 1.77 bits per heavy atom. The number of hydrogen-bond donors (Lipinski definition) is 2. The molecule has 0 aliphatic heterocycles. The first kappa shape index (κ1) is 19.9. The summed E-state index contributed by atoms with van der Waals surface area (Å²) in [4.78, 5) is 11.1. The Hall–Kier alpha value is -3.44. The van der Waals surface area contributed by atoms with Crippen LogP contribution in [0.3, 0.4) is 0 Å².